The second-order valence-corrected chi connectivity index (χ2v) is 5.04. The highest BCUT2D eigenvalue weighted by atomic mass is 15.2. The third kappa shape index (κ3) is 3.44. The molecular weight excluding hydrogens is 186 g/mol. The minimum Gasteiger partial charge on any atom is -0.315 e. The molecule has 2 fully saturated rings. The fourth-order valence-electron chi connectivity index (χ4n) is 2.67. The molecule has 0 saturated carbocycles. The van der Waals surface area contributed by atoms with Gasteiger partial charge in [-0.05, 0) is 52.2 Å². The van der Waals surface area contributed by atoms with Crippen molar-refractivity contribution in [1.82, 2.24) is 15.5 Å². The first-order chi connectivity index (χ1) is 7.36. The summed E-state index contributed by atoms with van der Waals surface area (Å²) < 4.78 is 0. The summed E-state index contributed by atoms with van der Waals surface area (Å²) in [6, 6.07) is 1.43. The minimum absolute atomic E-state index is 0.712. The highest BCUT2D eigenvalue weighted by Gasteiger charge is 2.19. The van der Waals surface area contributed by atoms with Crippen LogP contribution in [0.15, 0.2) is 0 Å². The van der Waals surface area contributed by atoms with E-state index in [1.807, 2.05) is 0 Å². The first kappa shape index (κ1) is 11.4. The van der Waals surface area contributed by atoms with Crippen molar-refractivity contribution in [1.29, 1.82) is 0 Å². The van der Waals surface area contributed by atoms with Crippen LogP contribution in [0.25, 0.3) is 0 Å². The lowest BCUT2D eigenvalue weighted by Crippen LogP contribution is -2.48. The monoisotopic (exact) mass is 211 g/mol. The maximum Gasteiger partial charge on any atom is 0.0193 e. The Morgan fingerprint density at radius 2 is 2.13 bits per heavy atom. The molecule has 15 heavy (non-hydrogen) atoms. The average Bonchev–Trinajstić information content (AvgIpc) is 2.81. The molecule has 0 spiro atoms. The van der Waals surface area contributed by atoms with E-state index >= 15 is 0 Å². The normalized spacial score (nSPS) is 30.6. The van der Waals surface area contributed by atoms with Crippen LogP contribution < -0.4 is 10.6 Å². The van der Waals surface area contributed by atoms with Crippen LogP contribution in [0.5, 0.6) is 0 Å². The number of rotatable bonds is 4. The second kappa shape index (κ2) is 5.83. The van der Waals surface area contributed by atoms with Crippen molar-refractivity contribution in [2.24, 2.45) is 0 Å². The molecule has 0 radical (unpaired) electrons. The Hall–Kier alpha value is -0.120. The molecule has 3 nitrogen and oxygen atoms in total. The van der Waals surface area contributed by atoms with E-state index in [0.717, 1.165) is 19.1 Å². The first-order valence-corrected chi connectivity index (χ1v) is 6.54. The van der Waals surface area contributed by atoms with E-state index < -0.39 is 0 Å². The summed E-state index contributed by atoms with van der Waals surface area (Å²) in [7, 11) is 0. The summed E-state index contributed by atoms with van der Waals surface area (Å²) in [4.78, 5) is 2.61. The fourth-order valence-corrected chi connectivity index (χ4v) is 2.67. The van der Waals surface area contributed by atoms with Crippen LogP contribution >= 0.6 is 0 Å². The van der Waals surface area contributed by atoms with Crippen LogP contribution in [0.2, 0.25) is 0 Å². The molecule has 3 heteroatoms. The SMILES string of the molecule is CC(CNC1CCCNC1)N1CCCC1. The Labute approximate surface area is 93.6 Å². The van der Waals surface area contributed by atoms with Gasteiger partial charge in [0.05, 0.1) is 0 Å². The minimum atomic E-state index is 0.712. The van der Waals surface area contributed by atoms with Crippen molar-refractivity contribution in [2.75, 3.05) is 32.7 Å². The van der Waals surface area contributed by atoms with Crippen molar-refractivity contribution >= 4 is 0 Å². The average molecular weight is 211 g/mol. The molecule has 0 aromatic heterocycles. The zero-order valence-corrected chi connectivity index (χ0v) is 9.97. The van der Waals surface area contributed by atoms with Crippen LogP contribution in [0.4, 0.5) is 0 Å². The van der Waals surface area contributed by atoms with E-state index in [1.54, 1.807) is 0 Å². The molecular formula is C12H25N3. The van der Waals surface area contributed by atoms with Gasteiger partial charge >= 0.3 is 0 Å². The fraction of sp³-hybridized carbons (Fsp3) is 1.00. The third-order valence-electron chi connectivity index (χ3n) is 3.76. The van der Waals surface area contributed by atoms with Gasteiger partial charge in [0.2, 0.25) is 0 Å². The van der Waals surface area contributed by atoms with Gasteiger partial charge in [-0.2, -0.15) is 0 Å². The summed E-state index contributed by atoms with van der Waals surface area (Å²) >= 11 is 0. The molecule has 2 saturated heterocycles. The Morgan fingerprint density at radius 3 is 2.80 bits per heavy atom. The number of hydrogen-bond donors (Lipinski definition) is 2. The maximum absolute atomic E-state index is 3.69. The first-order valence-electron chi connectivity index (χ1n) is 6.54. The van der Waals surface area contributed by atoms with E-state index in [0.29, 0.717) is 6.04 Å². The molecule has 2 unspecified atom stereocenters. The van der Waals surface area contributed by atoms with Crippen molar-refractivity contribution in [3.8, 4) is 0 Å². The molecule has 88 valence electrons. The van der Waals surface area contributed by atoms with Crippen LogP contribution in [-0.2, 0) is 0 Å². The Kier molecular flexibility index (Phi) is 4.42. The number of piperidine rings is 1. The quantitative estimate of drug-likeness (QED) is 0.721. The van der Waals surface area contributed by atoms with Gasteiger partial charge < -0.3 is 10.6 Å². The third-order valence-corrected chi connectivity index (χ3v) is 3.76. The highest BCUT2D eigenvalue weighted by Crippen LogP contribution is 2.11. The predicted molar refractivity (Wildman–Crippen MR) is 64.2 cm³/mol. The van der Waals surface area contributed by atoms with Gasteiger partial charge in [0.1, 0.15) is 0 Å². The number of likely N-dealkylation sites (tertiary alicyclic amines) is 1. The van der Waals surface area contributed by atoms with Gasteiger partial charge in [0.15, 0.2) is 0 Å². The Balaban J connectivity index is 1.63. The van der Waals surface area contributed by atoms with Gasteiger partial charge in [-0.1, -0.05) is 0 Å². The van der Waals surface area contributed by atoms with E-state index in [9.17, 15) is 0 Å². The van der Waals surface area contributed by atoms with Gasteiger partial charge in [0, 0.05) is 25.2 Å². The summed E-state index contributed by atoms with van der Waals surface area (Å²) in [5, 5.41) is 7.15. The molecule has 0 bridgehead atoms. The van der Waals surface area contributed by atoms with Crippen LogP contribution in [0, 0.1) is 0 Å². The van der Waals surface area contributed by atoms with E-state index in [4.69, 9.17) is 0 Å². The van der Waals surface area contributed by atoms with Crippen LogP contribution in [-0.4, -0.2) is 49.7 Å². The van der Waals surface area contributed by atoms with E-state index in [-0.39, 0.29) is 0 Å². The second-order valence-electron chi connectivity index (χ2n) is 5.04. The van der Waals surface area contributed by atoms with Gasteiger partial charge in [0.25, 0.3) is 0 Å². The largest absolute Gasteiger partial charge is 0.315 e. The Bertz CT molecular complexity index is 172. The van der Waals surface area contributed by atoms with E-state index in [1.165, 1.54) is 45.3 Å². The Morgan fingerprint density at radius 1 is 1.33 bits per heavy atom. The van der Waals surface area contributed by atoms with Crippen molar-refractivity contribution in [3.63, 3.8) is 0 Å². The molecule has 2 rings (SSSR count). The summed E-state index contributed by atoms with van der Waals surface area (Å²) in [6.07, 6.45) is 5.47. The van der Waals surface area contributed by atoms with Gasteiger partial charge in [-0.15, -0.1) is 0 Å². The lowest BCUT2D eigenvalue weighted by Gasteiger charge is -2.29. The smallest absolute Gasteiger partial charge is 0.0193 e. The molecule has 0 aromatic rings. The molecule has 0 aliphatic carbocycles. The van der Waals surface area contributed by atoms with Crippen LogP contribution in [0.1, 0.15) is 32.6 Å². The van der Waals surface area contributed by atoms with Crippen LogP contribution in [0.3, 0.4) is 0 Å². The molecule has 2 atom stereocenters. The number of nitrogens with zero attached hydrogens (tertiary/aromatic N) is 1. The molecule has 0 amide bonds. The number of hydrogen-bond acceptors (Lipinski definition) is 3. The van der Waals surface area contributed by atoms with Crippen molar-refractivity contribution in [3.05, 3.63) is 0 Å². The van der Waals surface area contributed by atoms with Crippen molar-refractivity contribution in [2.45, 2.75) is 44.7 Å². The summed E-state index contributed by atoms with van der Waals surface area (Å²) in [6.45, 7) is 8.50. The molecule has 2 N–H and O–H groups in total. The van der Waals surface area contributed by atoms with E-state index in [2.05, 4.69) is 22.5 Å². The number of nitrogens with one attached hydrogen (secondary N) is 2. The topological polar surface area (TPSA) is 27.3 Å². The van der Waals surface area contributed by atoms with Crippen molar-refractivity contribution < 1.29 is 0 Å². The summed E-state index contributed by atoms with van der Waals surface area (Å²) in [5.41, 5.74) is 0. The van der Waals surface area contributed by atoms with Gasteiger partial charge in [-0.25, -0.2) is 0 Å². The maximum atomic E-state index is 3.69. The van der Waals surface area contributed by atoms with Gasteiger partial charge in [-0.3, -0.25) is 4.90 Å². The predicted octanol–water partition coefficient (Wildman–Crippen LogP) is 0.812. The standard InChI is InChI=1S/C12H25N3/c1-11(15-7-2-3-8-15)9-14-12-5-4-6-13-10-12/h11-14H,2-10H2,1H3. The molecule has 0 aromatic carbocycles. The molecule has 2 aliphatic heterocycles. The lowest BCUT2D eigenvalue weighted by atomic mass is 10.1. The molecule has 2 heterocycles. The zero-order chi connectivity index (χ0) is 10.5. The zero-order valence-electron chi connectivity index (χ0n) is 9.97. The lowest BCUT2D eigenvalue weighted by molar-refractivity contribution is 0.240. The highest BCUT2D eigenvalue weighted by molar-refractivity contribution is 4.79. The molecule has 2 aliphatic rings. The summed E-state index contributed by atoms with van der Waals surface area (Å²) in [5.74, 6) is 0.